The number of rotatable bonds is 9. The Labute approximate surface area is 196 Å². The van der Waals surface area contributed by atoms with Gasteiger partial charge in [-0.2, -0.15) is 0 Å². The van der Waals surface area contributed by atoms with Crippen molar-refractivity contribution in [1.82, 2.24) is 9.88 Å². The zero-order chi connectivity index (χ0) is 24.3. The Kier molecular flexibility index (Phi) is 7.50. The number of benzene rings is 2. The molecule has 33 heavy (non-hydrogen) atoms. The number of hydrogen-bond acceptors (Lipinski definition) is 8. The highest BCUT2D eigenvalue weighted by Gasteiger charge is 2.30. The highest BCUT2D eigenvalue weighted by Crippen LogP contribution is 2.37. The second kappa shape index (κ2) is 10.1. The predicted molar refractivity (Wildman–Crippen MR) is 130 cm³/mol. The van der Waals surface area contributed by atoms with Crippen molar-refractivity contribution in [3.63, 3.8) is 0 Å². The van der Waals surface area contributed by atoms with E-state index in [4.69, 9.17) is 14.5 Å². The van der Waals surface area contributed by atoms with Crippen molar-refractivity contribution in [3.05, 3.63) is 51.1 Å². The number of nitrogens with zero attached hydrogens (tertiary/aromatic N) is 4. The van der Waals surface area contributed by atoms with Gasteiger partial charge in [-0.3, -0.25) is 19.8 Å². The van der Waals surface area contributed by atoms with Gasteiger partial charge < -0.3 is 14.4 Å². The minimum Gasteiger partial charge on any atom is -0.493 e. The lowest BCUT2D eigenvalue weighted by Gasteiger charge is -2.21. The lowest BCUT2D eigenvalue weighted by Crippen LogP contribution is -2.34. The van der Waals surface area contributed by atoms with Gasteiger partial charge in [0.25, 0.3) is 11.6 Å². The highest BCUT2D eigenvalue weighted by atomic mass is 32.1. The molecule has 176 valence electrons. The molecular weight excluding hydrogens is 444 g/mol. The van der Waals surface area contributed by atoms with Gasteiger partial charge in [0, 0.05) is 12.6 Å². The smallest absolute Gasteiger partial charge is 0.286 e. The predicted octanol–water partition coefficient (Wildman–Crippen LogP) is 4.44. The monoisotopic (exact) mass is 472 g/mol. The van der Waals surface area contributed by atoms with Crippen LogP contribution >= 0.6 is 11.3 Å². The summed E-state index contributed by atoms with van der Waals surface area (Å²) in [7, 11) is 6.72. The van der Waals surface area contributed by atoms with Crippen LogP contribution in [0.5, 0.6) is 11.5 Å². The standard InChI is InChI=1S/C23H28N4O5S/c1-14-10-15(2)21-17(11-14)24-23(33-21)26(9-7-8-25(3)4)22(28)16-12-19(31-5)20(32-6)13-18(16)27(29)30/h10-13H,7-9H2,1-6H3. The van der Waals surface area contributed by atoms with E-state index in [0.29, 0.717) is 18.1 Å². The van der Waals surface area contributed by atoms with E-state index in [-0.39, 0.29) is 22.7 Å². The minimum absolute atomic E-state index is 0.0744. The number of carbonyl (C=O) groups is 1. The molecule has 2 aromatic carbocycles. The third-order valence-corrected chi connectivity index (χ3v) is 6.43. The molecular formula is C23H28N4O5S. The molecule has 0 aliphatic heterocycles. The number of aryl methyl sites for hydroxylation is 2. The maximum absolute atomic E-state index is 13.7. The zero-order valence-corrected chi connectivity index (χ0v) is 20.5. The number of amides is 1. The molecule has 0 N–H and O–H groups in total. The average molecular weight is 473 g/mol. The molecule has 0 aliphatic rings. The molecule has 0 fully saturated rings. The molecule has 9 nitrogen and oxygen atoms in total. The quantitative estimate of drug-likeness (QED) is 0.335. The number of aromatic nitrogens is 1. The van der Waals surface area contributed by atoms with Crippen molar-refractivity contribution in [2.75, 3.05) is 46.3 Å². The number of fused-ring (bicyclic) bond motifs is 1. The maximum Gasteiger partial charge on any atom is 0.286 e. The third kappa shape index (κ3) is 5.23. The van der Waals surface area contributed by atoms with Gasteiger partial charge in [-0.1, -0.05) is 17.4 Å². The number of hydrogen-bond donors (Lipinski definition) is 0. The number of nitro benzene ring substituents is 1. The van der Waals surface area contributed by atoms with Crippen LogP contribution < -0.4 is 14.4 Å². The SMILES string of the molecule is COc1cc(C(=O)N(CCCN(C)C)c2nc3cc(C)cc(C)c3s2)c([N+](=O)[O-])cc1OC. The lowest BCUT2D eigenvalue weighted by molar-refractivity contribution is -0.385. The Morgan fingerprint density at radius 1 is 1.09 bits per heavy atom. The van der Waals surface area contributed by atoms with Gasteiger partial charge >= 0.3 is 0 Å². The molecule has 0 saturated heterocycles. The molecule has 0 radical (unpaired) electrons. The first-order chi connectivity index (χ1) is 15.7. The van der Waals surface area contributed by atoms with Gasteiger partial charge in [-0.25, -0.2) is 4.98 Å². The largest absolute Gasteiger partial charge is 0.493 e. The molecule has 1 heterocycles. The van der Waals surface area contributed by atoms with E-state index >= 15 is 0 Å². The Hall–Kier alpha value is -3.24. The maximum atomic E-state index is 13.7. The summed E-state index contributed by atoms with van der Waals surface area (Å²) < 4.78 is 11.5. The molecule has 0 saturated carbocycles. The number of ether oxygens (including phenoxy) is 2. The van der Waals surface area contributed by atoms with Gasteiger partial charge in [-0.05, 0) is 58.1 Å². The fourth-order valence-corrected chi connectivity index (χ4v) is 4.69. The first-order valence-electron chi connectivity index (χ1n) is 10.4. The van der Waals surface area contributed by atoms with Gasteiger partial charge in [0.15, 0.2) is 16.6 Å². The number of thiazole rings is 1. The van der Waals surface area contributed by atoms with E-state index in [2.05, 4.69) is 6.07 Å². The first kappa shape index (κ1) is 24.4. The van der Waals surface area contributed by atoms with Crippen molar-refractivity contribution in [1.29, 1.82) is 0 Å². The van der Waals surface area contributed by atoms with E-state index in [1.54, 1.807) is 0 Å². The summed E-state index contributed by atoms with van der Waals surface area (Å²) in [6, 6.07) is 6.63. The molecule has 0 unspecified atom stereocenters. The average Bonchev–Trinajstić information content (AvgIpc) is 3.18. The molecule has 1 amide bonds. The normalized spacial score (nSPS) is 11.1. The number of carbonyl (C=O) groups excluding carboxylic acids is 1. The van der Waals surface area contributed by atoms with Crippen LogP contribution in [0.25, 0.3) is 10.2 Å². The van der Waals surface area contributed by atoms with Gasteiger partial charge in [0.05, 0.1) is 35.4 Å². The topological polar surface area (TPSA) is 98.0 Å². The van der Waals surface area contributed by atoms with E-state index in [1.165, 1.54) is 42.6 Å². The minimum atomic E-state index is -0.584. The first-order valence-corrected chi connectivity index (χ1v) is 11.2. The fraction of sp³-hybridized carbons (Fsp3) is 0.391. The molecule has 10 heteroatoms. The molecule has 3 aromatic rings. The Morgan fingerprint density at radius 3 is 2.36 bits per heavy atom. The molecule has 0 aliphatic carbocycles. The summed E-state index contributed by atoms with van der Waals surface area (Å²) in [6.07, 6.45) is 0.674. The third-order valence-electron chi connectivity index (χ3n) is 5.20. The zero-order valence-electron chi connectivity index (χ0n) is 19.7. The van der Waals surface area contributed by atoms with Crippen molar-refractivity contribution in [3.8, 4) is 11.5 Å². The van der Waals surface area contributed by atoms with E-state index in [9.17, 15) is 14.9 Å². The summed E-state index contributed by atoms with van der Waals surface area (Å²) in [5.74, 6) is -0.0729. The highest BCUT2D eigenvalue weighted by molar-refractivity contribution is 7.22. The second-order valence-corrected chi connectivity index (χ2v) is 9.00. The van der Waals surface area contributed by atoms with E-state index < -0.39 is 10.8 Å². The van der Waals surface area contributed by atoms with Crippen molar-refractivity contribution in [2.45, 2.75) is 20.3 Å². The summed E-state index contributed by atoms with van der Waals surface area (Å²) >= 11 is 1.41. The van der Waals surface area contributed by atoms with Crippen molar-refractivity contribution in [2.24, 2.45) is 0 Å². The molecule has 0 atom stereocenters. The summed E-state index contributed by atoms with van der Waals surface area (Å²) in [5, 5.41) is 12.3. The van der Waals surface area contributed by atoms with Crippen LogP contribution in [-0.4, -0.2) is 62.1 Å². The lowest BCUT2D eigenvalue weighted by atomic mass is 10.1. The fourth-order valence-electron chi connectivity index (χ4n) is 3.65. The molecule has 1 aromatic heterocycles. The van der Waals surface area contributed by atoms with Crippen LogP contribution in [0.3, 0.4) is 0 Å². The molecule has 0 bridgehead atoms. The molecule has 0 spiro atoms. The van der Waals surface area contributed by atoms with Crippen LogP contribution in [0.15, 0.2) is 24.3 Å². The summed E-state index contributed by atoms with van der Waals surface area (Å²) in [6.45, 7) is 5.12. The number of anilines is 1. The van der Waals surface area contributed by atoms with Crippen LogP contribution in [0, 0.1) is 24.0 Å². The van der Waals surface area contributed by atoms with Crippen molar-refractivity contribution < 1.29 is 19.2 Å². The summed E-state index contributed by atoms with van der Waals surface area (Å²) in [4.78, 5) is 33.2. The molecule has 3 rings (SSSR count). The van der Waals surface area contributed by atoms with Crippen LogP contribution in [0.2, 0.25) is 0 Å². The summed E-state index contributed by atoms with van der Waals surface area (Å²) in [5.41, 5.74) is 2.54. The van der Waals surface area contributed by atoms with E-state index in [0.717, 1.165) is 27.9 Å². The number of methoxy groups -OCH3 is 2. The van der Waals surface area contributed by atoms with Crippen LogP contribution in [0.1, 0.15) is 27.9 Å². The Bertz CT molecular complexity index is 1190. The van der Waals surface area contributed by atoms with E-state index in [1.807, 2.05) is 38.9 Å². The van der Waals surface area contributed by atoms with Gasteiger partial charge in [-0.15, -0.1) is 0 Å². The number of nitro groups is 1. The van der Waals surface area contributed by atoms with Crippen LogP contribution in [0.4, 0.5) is 10.8 Å². The van der Waals surface area contributed by atoms with Crippen molar-refractivity contribution >= 4 is 38.3 Å². The Balaban J connectivity index is 2.12. The van der Waals surface area contributed by atoms with Crippen LogP contribution in [-0.2, 0) is 0 Å². The second-order valence-electron chi connectivity index (χ2n) is 8.02. The van der Waals surface area contributed by atoms with Gasteiger partial charge in [0.2, 0.25) is 0 Å². The Morgan fingerprint density at radius 2 is 1.76 bits per heavy atom. The van der Waals surface area contributed by atoms with Gasteiger partial charge in [0.1, 0.15) is 5.56 Å².